The average molecular weight is 183 g/mol. The standard InChI is InChI=1S/C9H13NO3/c11-8-4-3-7-6(8)2-1-5-10(7)9(12)13/h6-7H,1-5H2,(H,12,13). The number of rotatable bonds is 0. The number of carboxylic acid groups (broad SMARTS) is 1. The van der Waals surface area contributed by atoms with E-state index in [0.717, 1.165) is 19.3 Å². The normalized spacial score (nSPS) is 33.2. The lowest BCUT2D eigenvalue weighted by Crippen LogP contribution is -2.46. The third kappa shape index (κ3) is 1.30. The summed E-state index contributed by atoms with van der Waals surface area (Å²) in [6.07, 6.45) is 2.14. The molecule has 2 unspecified atom stereocenters. The molecule has 1 aliphatic heterocycles. The lowest BCUT2D eigenvalue weighted by molar-refractivity contribution is -0.122. The highest BCUT2D eigenvalue weighted by Crippen LogP contribution is 2.34. The van der Waals surface area contributed by atoms with Gasteiger partial charge in [0.05, 0.1) is 0 Å². The van der Waals surface area contributed by atoms with Crippen LogP contribution < -0.4 is 0 Å². The maximum atomic E-state index is 11.4. The summed E-state index contributed by atoms with van der Waals surface area (Å²) in [4.78, 5) is 23.6. The number of nitrogens with zero attached hydrogens (tertiary/aromatic N) is 1. The van der Waals surface area contributed by atoms with Crippen molar-refractivity contribution >= 4 is 11.9 Å². The van der Waals surface area contributed by atoms with Gasteiger partial charge in [0.15, 0.2) is 0 Å². The Balaban J connectivity index is 2.16. The lowest BCUT2D eigenvalue weighted by Gasteiger charge is -2.34. The Bertz CT molecular complexity index is 251. The van der Waals surface area contributed by atoms with Crippen molar-refractivity contribution in [2.75, 3.05) is 6.54 Å². The van der Waals surface area contributed by atoms with Gasteiger partial charge >= 0.3 is 6.09 Å². The van der Waals surface area contributed by atoms with Gasteiger partial charge in [-0.1, -0.05) is 0 Å². The number of hydrogen-bond acceptors (Lipinski definition) is 2. The highest BCUT2D eigenvalue weighted by molar-refractivity contribution is 5.85. The average Bonchev–Trinajstić information content (AvgIpc) is 2.48. The fraction of sp³-hybridized carbons (Fsp3) is 0.778. The zero-order valence-electron chi connectivity index (χ0n) is 7.40. The summed E-state index contributed by atoms with van der Waals surface area (Å²) < 4.78 is 0. The van der Waals surface area contributed by atoms with E-state index < -0.39 is 6.09 Å². The lowest BCUT2D eigenvalue weighted by atomic mass is 9.92. The molecule has 1 heterocycles. The number of ketones is 1. The second-order valence-corrected chi connectivity index (χ2v) is 3.80. The van der Waals surface area contributed by atoms with Gasteiger partial charge in [0.25, 0.3) is 0 Å². The zero-order valence-corrected chi connectivity index (χ0v) is 7.40. The maximum absolute atomic E-state index is 11.4. The topological polar surface area (TPSA) is 57.6 Å². The molecule has 0 radical (unpaired) electrons. The molecule has 1 aliphatic carbocycles. The minimum atomic E-state index is -0.871. The monoisotopic (exact) mass is 183 g/mol. The maximum Gasteiger partial charge on any atom is 0.407 e. The van der Waals surface area contributed by atoms with E-state index in [4.69, 9.17) is 5.11 Å². The van der Waals surface area contributed by atoms with Crippen LogP contribution in [0.25, 0.3) is 0 Å². The summed E-state index contributed by atoms with van der Waals surface area (Å²) in [5, 5.41) is 8.89. The van der Waals surface area contributed by atoms with Crippen molar-refractivity contribution in [1.29, 1.82) is 0 Å². The highest BCUT2D eigenvalue weighted by atomic mass is 16.4. The first-order chi connectivity index (χ1) is 6.20. The highest BCUT2D eigenvalue weighted by Gasteiger charge is 2.42. The van der Waals surface area contributed by atoms with E-state index in [9.17, 15) is 9.59 Å². The second-order valence-electron chi connectivity index (χ2n) is 3.80. The van der Waals surface area contributed by atoms with E-state index in [0.29, 0.717) is 13.0 Å². The Morgan fingerprint density at radius 1 is 1.46 bits per heavy atom. The molecule has 0 aromatic rings. The number of fused-ring (bicyclic) bond motifs is 1. The van der Waals surface area contributed by atoms with Crippen LogP contribution in [0, 0.1) is 5.92 Å². The molecule has 0 bridgehead atoms. The minimum Gasteiger partial charge on any atom is -0.465 e. The van der Waals surface area contributed by atoms with Gasteiger partial charge in [-0.2, -0.15) is 0 Å². The van der Waals surface area contributed by atoms with Gasteiger partial charge in [-0.05, 0) is 19.3 Å². The van der Waals surface area contributed by atoms with Crippen LogP contribution in [0.3, 0.4) is 0 Å². The van der Waals surface area contributed by atoms with Crippen molar-refractivity contribution in [3.63, 3.8) is 0 Å². The van der Waals surface area contributed by atoms with Gasteiger partial charge in [0, 0.05) is 24.9 Å². The second kappa shape index (κ2) is 3.01. The molecule has 4 heteroatoms. The molecule has 1 saturated carbocycles. The molecule has 4 nitrogen and oxygen atoms in total. The third-order valence-electron chi connectivity index (χ3n) is 3.12. The summed E-state index contributed by atoms with van der Waals surface area (Å²) in [6, 6.07) is -0.0150. The quantitative estimate of drug-likeness (QED) is 0.612. The fourth-order valence-electron chi connectivity index (χ4n) is 2.50. The molecule has 1 saturated heterocycles. The summed E-state index contributed by atoms with van der Waals surface area (Å²) in [5.41, 5.74) is 0. The number of carbonyl (C=O) groups is 2. The Morgan fingerprint density at radius 3 is 2.92 bits per heavy atom. The summed E-state index contributed by atoms with van der Waals surface area (Å²) in [6.45, 7) is 0.601. The minimum absolute atomic E-state index is 0.00449. The van der Waals surface area contributed by atoms with Crippen LogP contribution in [0.5, 0.6) is 0 Å². The number of likely N-dealkylation sites (tertiary alicyclic amines) is 1. The van der Waals surface area contributed by atoms with Gasteiger partial charge in [-0.25, -0.2) is 4.79 Å². The largest absolute Gasteiger partial charge is 0.465 e. The molecular formula is C9H13NO3. The van der Waals surface area contributed by atoms with Crippen LogP contribution in [0.1, 0.15) is 25.7 Å². The van der Waals surface area contributed by atoms with Crippen molar-refractivity contribution in [1.82, 2.24) is 4.90 Å². The van der Waals surface area contributed by atoms with Crippen LogP contribution in [-0.2, 0) is 4.79 Å². The predicted molar refractivity (Wildman–Crippen MR) is 45.5 cm³/mol. The SMILES string of the molecule is O=C1CCC2C1CCCN2C(=O)O. The Kier molecular flexibility index (Phi) is 1.98. The van der Waals surface area contributed by atoms with E-state index >= 15 is 0 Å². The molecule has 2 aliphatic rings. The third-order valence-corrected chi connectivity index (χ3v) is 3.12. The van der Waals surface area contributed by atoms with E-state index in [1.165, 1.54) is 4.90 Å². The molecule has 72 valence electrons. The molecular weight excluding hydrogens is 170 g/mol. The first-order valence-corrected chi connectivity index (χ1v) is 4.72. The Morgan fingerprint density at radius 2 is 2.23 bits per heavy atom. The van der Waals surface area contributed by atoms with Crippen LogP contribution in [0.4, 0.5) is 4.79 Å². The number of hydrogen-bond donors (Lipinski definition) is 1. The molecule has 1 amide bonds. The summed E-state index contributed by atoms with van der Waals surface area (Å²) in [5.74, 6) is 0.265. The van der Waals surface area contributed by atoms with E-state index in [-0.39, 0.29) is 17.7 Å². The molecule has 1 N–H and O–H groups in total. The van der Waals surface area contributed by atoms with Crippen molar-refractivity contribution in [2.45, 2.75) is 31.7 Å². The van der Waals surface area contributed by atoms with Crippen LogP contribution in [0.15, 0.2) is 0 Å². The van der Waals surface area contributed by atoms with Crippen LogP contribution in [-0.4, -0.2) is 34.5 Å². The van der Waals surface area contributed by atoms with Gasteiger partial charge in [-0.15, -0.1) is 0 Å². The number of piperidine rings is 1. The summed E-state index contributed by atoms with van der Waals surface area (Å²) >= 11 is 0. The molecule has 0 aromatic carbocycles. The molecule has 2 fully saturated rings. The van der Waals surface area contributed by atoms with Gasteiger partial charge in [-0.3, -0.25) is 4.79 Å². The number of amides is 1. The Hall–Kier alpha value is -1.06. The van der Waals surface area contributed by atoms with Crippen LogP contribution >= 0.6 is 0 Å². The van der Waals surface area contributed by atoms with Crippen molar-refractivity contribution in [3.05, 3.63) is 0 Å². The first kappa shape index (κ1) is 8.53. The number of carbonyl (C=O) groups excluding carboxylic acids is 1. The van der Waals surface area contributed by atoms with Gasteiger partial charge < -0.3 is 10.0 Å². The fourth-order valence-corrected chi connectivity index (χ4v) is 2.50. The molecule has 13 heavy (non-hydrogen) atoms. The number of Topliss-reactive ketones (excluding diaryl/α,β-unsaturated/α-hetero) is 1. The summed E-state index contributed by atoms with van der Waals surface area (Å²) in [7, 11) is 0. The Labute approximate surface area is 76.5 Å². The predicted octanol–water partition coefficient (Wildman–Crippen LogP) is 1.11. The molecule has 2 atom stereocenters. The van der Waals surface area contributed by atoms with Gasteiger partial charge in [0.1, 0.15) is 5.78 Å². The van der Waals surface area contributed by atoms with Crippen LogP contribution in [0.2, 0.25) is 0 Å². The zero-order chi connectivity index (χ0) is 9.42. The van der Waals surface area contributed by atoms with E-state index in [1.54, 1.807) is 0 Å². The van der Waals surface area contributed by atoms with Crippen molar-refractivity contribution in [2.24, 2.45) is 5.92 Å². The smallest absolute Gasteiger partial charge is 0.407 e. The molecule has 0 spiro atoms. The molecule has 2 rings (SSSR count). The van der Waals surface area contributed by atoms with E-state index in [1.807, 2.05) is 0 Å². The van der Waals surface area contributed by atoms with Crippen molar-refractivity contribution < 1.29 is 14.7 Å². The van der Waals surface area contributed by atoms with Crippen molar-refractivity contribution in [3.8, 4) is 0 Å². The van der Waals surface area contributed by atoms with Gasteiger partial charge in [0.2, 0.25) is 0 Å². The van der Waals surface area contributed by atoms with E-state index in [2.05, 4.69) is 0 Å². The molecule has 0 aromatic heterocycles. The first-order valence-electron chi connectivity index (χ1n) is 4.72.